The van der Waals surface area contributed by atoms with E-state index >= 15 is 0 Å². The highest BCUT2D eigenvalue weighted by atomic mass is 35.5. The third-order valence-electron chi connectivity index (χ3n) is 7.87. The first-order valence-corrected chi connectivity index (χ1v) is 16.7. The van der Waals surface area contributed by atoms with Gasteiger partial charge in [-0.3, -0.25) is 4.90 Å². The molecule has 1 heterocycles. The van der Waals surface area contributed by atoms with E-state index < -0.39 is 4.96 Å². The summed E-state index contributed by atoms with van der Waals surface area (Å²) in [5, 5.41) is 2.00. The Labute approximate surface area is 269 Å². The van der Waals surface area contributed by atoms with Crippen molar-refractivity contribution in [3.63, 3.8) is 0 Å². The number of nitrogens with zero attached hydrogens (tertiary/aromatic N) is 1. The molecule has 5 nitrogen and oxygen atoms in total. The molecule has 0 aromatic heterocycles. The fraction of sp³-hybridized carbons (Fsp3) is 0.371. The van der Waals surface area contributed by atoms with Gasteiger partial charge in [-0.15, -0.1) is 0 Å². The van der Waals surface area contributed by atoms with Crippen LogP contribution in [0, 0.1) is 0 Å². The average molecular weight is 641 g/mol. The SMILES string of the molecule is COc1cc(COC2CN(C(Cl)Cl)CCC2c2ccc(OCCCSCc3ccccc3)cc2)cc2c(OC)cccc12. The van der Waals surface area contributed by atoms with Gasteiger partial charge in [0.05, 0.1) is 33.5 Å². The highest BCUT2D eigenvalue weighted by Gasteiger charge is 2.33. The number of thioether (sulfide) groups is 1. The second-order valence-corrected chi connectivity index (χ2v) is 12.8. The zero-order valence-corrected chi connectivity index (χ0v) is 27.0. The fourth-order valence-electron chi connectivity index (χ4n) is 5.61. The molecule has 2 atom stereocenters. The molecule has 0 bridgehead atoms. The first kappa shape index (κ1) is 31.8. The summed E-state index contributed by atoms with van der Waals surface area (Å²) in [5.41, 5.74) is 3.61. The molecule has 5 rings (SSSR count). The molecular formula is C35H39Cl2NO4S. The van der Waals surface area contributed by atoms with Crippen LogP contribution in [0.4, 0.5) is 0 Å². The molecule has 0 radical (unpaired) electrons. The summed E-state index contributed by atoms with van der Waals surface area (Å²) in [7, 11) is 3.37. The second-order valence-electron chi connectivity index (χ2n) is 10.7. The first-order valence-electron chi connectivity index (χ1n) is 14.7. The van der Waals surface area contributed by atoms with Gasteiger partial charge < -0.3 is 18.9 Å². The van der Waals surface area contributed by atoms with E-state index in [4.69, 9.17) is 42.1 Å². The van der Waals surface area contributed by atoms with Crippen molar-refractivity contribution in [3.8, 4) is 17.2 Å². The van der Waals surface area contributed by atoms with E-state index in [-0.39, 0.29) is 12.0 Å². The standard InChI is InChI=1S/C35H39Cl2NO4S/c1-39-32-11-6-10-30-31(32)20-26(21-33(30)40-2)23-42-34-22-38(35(36)37)17-16-29(34)27-12-14-28(15-13-27)41-18-7-19-43-24-25-8-4-3-5-9-25/h3-6,8-15,20-21,29,34-35H,7,16-19,22-24H2,1-2H3. The van der Waals surface area contributed by atoms with Crippen molar-refractivity contribution >= 4 is 45.7 Å². The number of alkyl halides is 2. The molecule has 1 aliphatic rings. The molecule has 0 amide bonds. The van der Waals surface area contributed by atoms with E-state index in [0.29, 0.717) is 19.8 Å². The summed E-state index contributed by atoms with van der Waals surface area (Å²) < 4.78 is 24.0. The molecule has 0 aliphatic carbocycles. The maximum atomic E-state index is 6.61. The number of benzene rings is 4. The Hall–Kier alpha value is -2.61. The number of piperidine rings is 1. The number of rotatable bonds is 14. The van der Waals surface area contributed by atoms with Crippen LogP contribution in [0.25, 0.3) is 10.8 Å². The summed E-state index contributed by atoms with van der Waals surface area (Å²) in [6.45, 7) is 2.59. The normalized spacial score (nSPS) is 17.3. The monoisotopic (exact) mass is 639 g/mol. The molecule has 228 valence electrons. The Morgan fingerprint density at radius 2 is 1.65 bits per heavy atom. The zero-order chi connectivity index (χ0) is 30.0. The van der Waals surface area contributed by atoms with Crippen LogP contribution in [-0.4, -0.2) is 55.6 Å². The number of likely N-dealkylation sites (tertiary alicyclic amines) is 1. The van der Waals surface area contributed by atoms with Gasteiger partial charge in [0.25, 0.3) is 0 Å². The van der Waals surface area contributed by atoms with Crippen LogP contribution in [-0.2, 0) is 17.1 Å². The number of halogens is 2. The van der Waals surface area contributed by atoms with Gasteiger partial charge in [-0.1, -0.05) is 77.8 Å². The molecule has 8 heteroatoms. The summed E-state index contributed by atoms with van der Waals surface area (Å²) in [6.07, 6.45) is 1.83. The predicted octanol–water partition coefficient (Wildman–Crippen LogP) is 8.70. The van der Waals surface area contributed by atoms with Crippen LogP contribution in [0.5, 0.6) is 17.2 Å². The van der Waals surface area contributed by atoms with E-state index in [1.165, 1.54) is 11.1 Å². The number of hydrogen-bond donors (Lipinski definition) is 0. The average Bonchev–Trinajstić information content (AvgIpc) is 3.05. The van der Waals surface area contributed by atoms with Crippen LogP contribution >= 0.6 is 35.0 Å². The van der Waals surface area contributed by atoms with Gasteiger partial charge in [-0.2, -0.15) is 11.8 Å². The van der Waals surface area contributed by atoms with Crippen molar-refractivity contribution < 1.29 is 18.9 Å². The lowest BCUT2D eigenvalue weighted by molar-refractivity contribution is -0.0226. The van der Waals surface area contributed by atoms with E-state index in [9.17, 15) is 0 Å². The largest absolute Gasteiger partial charge is 0.496 e. The Morgan fingerprint density at radius 3 is 2.40 bits per heavy atom. The van der Waals surface area contributed by atoms with E-state index in [1.807, 2.05) is 36.0 Å². The van der Waals surface area contributed by atoms with Gasteiger partial charge in [-0.25, -0.2) is 0 Å². The van der Waals surface area contributed by atoms with Crippen molar-refractivity contribution in [3.05, 3.63) is 102 Å². The van der Waals surface area contributed by atoms with Gasteiger partial charge >= 0.3 is 0 Å². The first-order chi connectivity index (χ1) is 21.1. The lowest BCUT2D eigenvalue weighted by Crippen LogP contribution is -2.45. The van der Waals surface area contributed by atoms with Crippen LogP contribution in [0.15, 0.2) is 84.9 Å². The Kier molecular flexibility index (Phi) is 11.8. The summed E-state index contributed by atoms with van der Waals surface area (Å²) in [6, 6.07) is 29.2. The smallest absolute Gasteiger partial charge is 0.160 e. The molecule has 0 spiro atoms. The number of ether oxygens (including phenoxy) is 4. The van der Waals surface area contributed by atoms with Crippen molar-refractivity contribution in [1.82, 2.24) is 4.90 Å². The second kappa shape index (κ2) is 15.9. The number of methoxy groups -OCH3 is 2. The maximum absolute atomic E-state index is 6.61. The Morgan fingerprint density at radius 1 is 0.860 bits per heavy atom. The third-order valence-corrected chi connectivity index (χ3v) is 9.54. The van der Waals surface area contributed by atoms with Crippen molar-refractivity contribution in [2.75, 3.05) is 39.7 Å². The Bertz CT molecular complexity index is 1440. The van der Waals surface area contributed by atoms with Gasteiger partial charge in [0.15, 0.2) is 4.96 Å². The van der Waals surface area contributed by atoms with Gasteiger partial charge in [0.1, 0.15) is 17.2 Å². The molecule has 4 aromatic carbocycles. The van der Waals surface area contributed by atoms with Crippen LogP contribution < -0.4 is 14.2 Å². The molecule has 1 fully saturated rings. The minimum absolute atomic E-state index is 0.0819. The highest BCUT2D eigenvalue weighted by Crippen LogP contribution is 2.36. The highest BCUT2D eigenvalue weighted by molar-refractivity contribution is 7.98. The van der Waals surface area contributed by atoms with Crippen molar-refractivity contribution in [1.29, 1.82) is 0 Å². The molecule has 4 aromatic rings. The van der Waals surface area contributed by atoms with E-state index in [0.717, 1.165) is 64.5 Å². The minimum Gasteiger partial charge on any atom is -0.496 e. The van der Waals surface area contributed by atoms with Gasteiger partial charge in [0.2, 0.25) is 0 Å². The number of hydrogen-bond acceptors (Lipinski definition) is 6. The van der Waals surface area contributed by atoms with E-state index in [1.54, 1.807) is 14.2 Å². The lowest BCUT2D eigenvalue weighted by Gasteiger charge is -2.39. The number of fused-ring (bicyclic) bond motifs is 1. The fourth-order valence-corrected chi connectivity index (χ4v) is 6.86. The van der Waals surface area contributed by atoms with E-state index in [2.05, 4.69) is 65.6 Å². The molecule has 1 saturated heterocycles. The van der Waals surface area contributed by atoms with Crippen LogP contribution in [0.3, 0.4) is 0 Å². The molecule has 43 heavy (non-hydrogen) atoms. The predicted molar refractivity (Wildman–Crippen MR) is 179 cm³/mol. The van der Waals surface area contributed by atoms with Gasteiger partial charge in [0, 0.05) is 35.5 Å². The maximum Gasteiger partial charge on any atom is 0.160 e. The van der Waals surface area contributed by atoms with Crippen molar-refractivity contribution in [2.24, 2.45) is 0 Å². The van der Waals surface area contributed by atoms with Crippen molar-refractivity contribution in [2.45, 2.75) is 42.2 Å². The molecular weight excluding hydrogens is 601 g/mol. The molecule has 2 unspecified atom stereocenters. The molecule has 0 saturated carbocycles. The topological polar surface area (TPSA) is 40.2 Å². The lowest BCUT2D eigenvalue weighted by atomic mass is 9.87. The van der Waals surface area contributed by atoms with Crippen LogP contribution in [0.2, 0.25) is 0 Å². The minimum atomic E-state index is -0.571. The van der Waals surface area contributed by atoms with Crippen LogP contribution in [0.1, 0.15) is 35.4 Å². The van der Waals surface area contributed by atoms with Gasteiger partial charge in [-0.05, 0) is 65.6 Å². The summed E-state index contributed by atoms with van der Waals surface area (Å²) in [5.74, 6) is 4.81. The summed E-state index contributed by atoms with van der Waals surface area (Å²) >= 11 is 14.5. The zero-order valence-electron chi connectivity index (χ0n) is 24.7. The Balaban J connectivity index is 1.20. The molecule has 0 N–H and O–H groups in total. The third kappa shape index (κ3) is 8.52. The quantitative estimate of drug-likeness (QED) is 0.0781. The summed E-state index contributed by atoms with van der Waals surface area (Å²) in [4.78, 5) is 1.49. The molecule has 1 aliphatic heterocycles.